The molecule has 0 bridgehead atoms. The number of amides is 1. The Kier molecular flexibility index (Phi) is 49.1. The molecule has 3 unspecified atom stereocenters. The highest BCUT2D eigenvalue weighted by Crippen LogP contribution is 2.18. The van der Waals surface area contributed by atoms with Crippen LogP contribution in [0.15, 0.2) is 72.9 Å². The van der Waals surface area contributed by atoms with Crippen LogP contribution in [0.25, 0.3) is 0 Å². The van der Waals surface area contributed by atoms with Crippen LogP contribution in [0.1, 0.15) is 258 Å². The molecule has 0 aliphatic carbocycles. The van der Waals surface area contributed by atoms with Gasteiger partial charge in [0, 0.05) is 6.42 Å². The molecule has 0 fully saturated rings. The number of carbonyl (C=O) groups excluding carboxylic acids is 2. The van der Waals surface area contributed by atoms with Crippen LogP contribution in [0, 0.1) is 0 Å². The molecule has 3 N–H and O–H groups in total. The molecular formula is C58H103NO5. The van der Waals surface area contributed by atoms with Crippen molar-refractivity contribution in [2.24, 2.45) is 0 Å². The quantitative estimate of drug-likeness (QED) is 0.0321. The highest BCUT2D eigenvalue weighted by atomic mass is 16.5. The molecule has 0 saturated heterocycles. The molecule has 0 rings (SSSR count). The van der Waals surface area contributed by atoms with Crippen LogP contribution in [-0.4, -0.2) is 46.9 Å². The molecule has 0 aliphatic heterocycles. The van der Waals surface area contributed by atoms with E-state index in [2.05, 4.69) is 92.9 Å². The van der Waals surface area contributed by atoms with Crippen molar-refractivity contribution in [2.75, 3.05) is 6.61 Å². The third kappa shape index (κ3) is 45.9. The summed E-state index contributed by atoms with van der Waals surface area (Å²) < 4.78 is 5.90. The van der Waals surface area contributed by atoms with Gasteiger partial charge < -0.3 is 20.3 Å². The van der Waals surface area contributed by atoms with E-state index in [1.165, 1.54) is 128 Å². The summed E-state index contributed by atoms with van der Waals surface area (Å²) in [7, 11) is 0. The van der Waals surface area contributed by atoms with E-state index in [1.54, 1.807) is 0 Å². The Bertz CT molecular complexity index is 1190. The number of aliphatic hydroxyl groups excluding tert-OH is 2. The smallest absolute Gasteiger partial charge is 0.306 e. The van der Waals surface area contributed by atoms with Gasteiger partial charge in [0.25, 0.3) is 0 Å². The van der Waals surface area contributed by atoms with E-state index in [9.17, 15) is 19.8 Å². The van der Waals surface area contributed by atoms with Gasteiger partial charge in [0.2, 0.25) is 5.91 Å². The highest BCUT2D eigenvalue weighted by Gasteiger charge is 2.24. The van der Waals surface area contributed by atoms with Gasteiger partial charge in [-0.2, -0.15) is 0 Å². The zero-order chi connectivity index (χ0) is 46.7. The Labute approximate surface area is 396 Å². The summed E-state index contributed by atoms with van der Waals surface area (Å²) in [5.41, 5.74) is 0. The van der Waals surface area contributed by atoms with Gasteiger partial charge in [-0.15, -0.1) is 0 Å². The number of esters is 1. The number of carbonyl (C=O) groups is 2. The van der Waals surface area contributed by atoms with Gasteiger partial charge in [-0.05, 0) is 64.2 Å². The van der Waals surface area contributed by atoms with Gasteiger partial charge in [-0.1, -0.05) is 254 Å². The molecule has 370 valence electrons. The Morgan fingerprint density at radius 2 is 0.812 bits per heavy atom. The number of rotatable bonds is 48. The first-order valence-corrected chi connectivity index (χ1v) is 27.2. The minimum Gasteiger partial charge on any atom is -0.462 e. The van der Waals surface area contributed by atoms with Crippen molar-refractivity contribution < 1.29 is 24.5 Å². The molecule has 0 heterocycles. The lowest BCUT2D eigenvalue weighted by molar-refractivity contribution is -0.150. The van der Waals surface area contributed by atoms with Gasteiger partial charge in [0.05, 0.1) is 25.2 Å². The number of ether oxygens (including phenoxy) is 1. The van der Waals surface area contributed by atoms with Crippen molar-refractivity contribution in [2.45, 2.75) is 277 Å². The Balaban J connectivity index is 4.64. The molecule has 3 atom stereocenters. The SMILES string of the molecule is CC/C=C\C/C=C\C/C=C\C/C=C\C/C=C\C/C=C\CCC(=O)OC(CCCCCCCCCCCCCC)CC(=O)NC(CO)C(O)CCCCCCCCCCCCCCCC. The third-order valence-electron chi connectivity index (χ3n) is 12.1. The fourth-order valence-electron chi connectivity index (χ4n) is 7.99. The van der Waals surface area contributed by atoms with Gasteiger partial charge in [-0.25, -0.2) is 0 Å². The predicted octanol–water partition coefficient (Wildman–Crippen LogP) is 16.6. The zero-order valence-electron chi connectivity index (χ0n) is 42.1. The number of allylic oxidation sites excluding steroid dienone is 12. The summed E-state index contributed by atoms with van der Waals surface area (Å²) in [6.07, 6.45) is 65.4. The topological polar surface area (TPSA) is 95.9 Å². The number of unbranched alkanes of at least 4 members (excludes halogenated alkanes) is 24. The molecule has 0 radical (unpaired) electrons. The molecule has 64 heavy (non-hydrogen) atoms. The highest BCUT2D eigenvalue weighted by molar-refractivity contribution is 5.77. The molecule has 1 amide bonds. The Morgan fingerprint density at radius 1 is 0.469 bits per heavy atom. The lowest BCUT2D eigenvalue weighted by atomic mass is 10.0. The first-order chi connectivity index (χ1) is 31.5. The van der Waals surface area contributed by atoms with Crippen LogP contribution in [0.5, 0.6) is 0 Å². The monoisotopic (exact) mass is 894 g/mol. The summed E-state index contributed by atoms with van der Waals surface area (Å²) >= 11 is 0. The molecule has 0 aromatic carbocycles. The van der Waals surface area contributed by atoms with Crippen LogP contribution in [0.3, 0.4) is 0 Å². The lowest BCUT2D eigenvalue weighted by Crippen LogP contribution is -2.46. The molecule has 0 aromatic rings. The van der Waals surface area contributed by atoms with Crippen molar-refractivity contribution in [1.82, 2.24) is 5.32 Å². The predicted molar refractivity (Wildman–Crippen MR) is 278 cm³/mol. The second kappa shape index (κ2) is 51.3. The van der Waals surface area contributed by atoms with Crippen LogP contribution in [0.2, 0.25) is 0 Å². The molecule has 0 aromatic heterocycles. The van der Waals surface area contributed by atoms with E-state index in [0.717, 1.165) is 77.0 Å². The second-order valence-corrected chi connectivity index (χ2v) is 18.3. The fraction of sp³-hybridized carbons (Fsp3) is 0.759. The van der Waals surface area contributed by atoms with Crippen LogP contribution >= 0.6 is 0 Å². The maximum absolute atomic E-state index is 13.2. The van der Waals surface area contributed by atoms with Gasteiger partial charge in [0.15, 0.2) is 0 Å². The van der Waals surface area contributed by atoms with Crippen molar-refractivity contribution in [3.8, 4) is 0 Å². The van der Waals surface area contributed by atoms with E-state index in [0.29, 0.717) is 19.3 Å². The van der Waals surface area contributed by atoms with Gasteiger partial charge >= 0.3 is 5.97 Å². The minimum atomic E-state index is -0.801. The third-order valence-corrected chi connectivity index (χ3v) is 12.1. The van der Waals surface area contributed by atoms with E-state index in [-0.39, 0.29) is 31.3 Å². The maximum Gasteiger partial charge on any atom is 0.306 e. The maximum atomic E-state index is 13.2. The summed E-state index contributed by atoms with van der Waals surface area (Å²) in [6.45, 7) is 6.36. The first kappa shape index (κ1) is 61.3. The van der Waals surface area contributed by atoms with Crippen molar-refractivity contribution >= 4 is 11.9 Å². The molecule has 6 nitrogen and oxygen atoms in total. The van der Waals surface area contributed by atoms with Crippen molar-refractivity contribution in [3.63, 3.8) is 0 Å². The van der Waals surface area contributed by atoms with Crippen LogP contribution in [-0.2, 0) is 14.3 Å². The average molecular weight is 894 g/mol. The average Bonchev–Trinajstić information content (AvgIpc) is 3.29. The zero-order valence-corrected chi connectivity index (χ0v) is 42.1. The number of nitrogens with one attached hydrogen (secondary N) is 1. The number of aliphatic hydroxyl groups is 2. The first-order valence-electron chi connectivity index (χ1n) is 27.2. The summed E-state index contributed by atoms with van der Waals surface area (Å²) in [5.74, 6) is -0.569. The number of hydrogen-bond donors (Lipinski definition) is 3. The lowest BCUT2D eigenvalue weighted by Gasteiger charge is -2.24. The van der Waals surface area contributed by atoms with E-state index in [4.69, 9.17) is 4.74 Å². The largest absolute Gasteiger partial charge is 0.462 e. The summed E-state index contributed by atoms with van der Waals surface area (Å²) in [4.78, 5) is 26.2. The van der Waals surface area contributed by atoms with E-state index in [1.807, 2.05) is 6.08 Å². The van der Waals surface area contributed by atoms with E-state index >= 15 is 0 Å². The standard InChI is InChI=1S/C58H103NO5/c1-4-7-10-13-16-19-22-25-27-28-29-30-31-33-36-39-42-45-48-51-58(63)64-54(49-46-43-40-37-34-24-21-18-15-12-9-6-3)52-57(62)59-55(53-60)56(61)50-47-44-41-38-35-32-26-23-20-17-14-11-8-5-2/h7,10,16,19,25,27,29-30,33,36,42,45,54-56,60-61H,4-6,8-9,11-15,17-18,20-24,26,28,31-32,34-35,37-41,43-44,46-53H2,1-3H3,(H,59,62)/b10-7-,19-16-,27-25-,30-29-,36-33-,45-42-. The van der Waals surface area contributed by atoms with Crippen LogP contribution in [0.4, 0.5) is 0 Å². The summed E-state index contributed by atoms with van der Waals surface area (Å²) in [5, 5.41) is 23.8. The second-order valence-electron chi connectivity index (χ2n) is 18.3. The van der Waals surface area contributed by atoms with Gasteiger partial charge in [0.1, 0.15) is 6.10 Å². The van der Waals surface area contributed by atoms with Gasteiger partial charge in [-0.3, -0.25) is 9.59 Å². The molecule has 6 heteroatoms. The normalized spacial score (nSPS) is 13.8. The fourth-order valence-corrected chi connectivity index (χ4v) is 7.99. The molecular weight excluding hydrogens is 791 g/mol. The molecule has 0 spiro atoms. The molecule has 0 aliphatic rings. The van der Waals surface area contributed by atoms with Crippen molar-refractivity contribution in [3.05, 3.63) is 72.9 Å². The van der Waals surface area contributed by atoms with Crippen LogP contribution < -0.4 is 5.32 Å². The van der Waals surface area contributed by atoms with Crippen molar-refractivity contribution in [1.29, 1.82) is 0 Å². The van der Waals surface area contributed by atoms with E-state index < -0.39 is 18.2 Å². The summed E-state index contributed by atoms with van der Waals surface area (Å²) in [6, 6.07) is -0.717. The minimum absolute atomic E-state index is 0.0474. The number of hydrogen-bond acceptors (Lipinski definition) is 5. The Hall–Kier alpha value is -2.70. The Morgan fingerprint density at radius 3 is 1.19 bits per heavy atom. The molecule has 0 saturated carbocycles.